The van der Waals surface area contributed by atoms with Crippen LogP contribution in [0.5, 0.6) is 5.88 Å². The number of rotatable bonds is 5. The molecule has 3 nitrogen and oxygen atoms in total. The van der Waals surface area contributed by atoms with Crippen molar-refractivity contribution in [2.75, 3.05) is 0 Å². The summed E-state index contributed by atoms with van der Waals surface area (Å²) in [6.07, 6.45) is 1.88. The van der Waals surface area contributed by atoms with Gasteiger partial charge in [-0.1, -0.05) is 25.4 Å². The highest BCUT2D eigenvalue weighted by atomic mass is 35.5. The molecule has 0 bridgehead atoms. The molecule has 0 aliphatic carbocycles. The summed E-state index contributed by atoms with van der Waals surface area (Å²) in [6.45, 7) is 8.88. The van der Waals surface area contributed by atoms with E-state index in [-0.39, 0.29) is 6.10 Å². The fraction of sp³-hybridized carbons (Fsp3) is 0.583. The van der Waals surface area contributed by atoms with E-state index < -0.39 is 0 Å². The SMILES string of the molecule is CC(C)NCc1cnc(OC(C)C)c(Cl)c1. The lowest BCUT2D eigenvalue weighted by Gasteiger charge is -2.12. The van der Waals surface area contributed by atoms with Crippen molar-refractivity contribution >= 4 is 11.6 Å². The molecule has 0 aromatic carbocycles. The smallest absolute Gasteiger partial charge is 0.232 e. The predicted molar refractivity (Wildman–Crippen MR) is 67.0 cm³/mol. The minimum Gasteiger partial charge on any atom is -0.474 e. The molecule has 0 saturated carbocycles. The second kappa shape index (κ2) is 6.06. The fourth-order valence-electron chi connectivity index (χ4n) is 1.19. The van der Waals surface area contributed by atoms with E-state index in [4.69, 9.17) is 16.3 Å². The van der Waals surface area contributed by atoms with Crippen molar-refractivity contribution in [3.8, 4) is 5.88 Å². The van der Waals surface area contributed by atoms with E-state index in [1.807, 2.05) is 19.9 Å². The Morgan fingerprint density at radius 3 is 2.56 bits per heavy atom. The number of halogens is 1. The summed E-state index contributed by atoms with van der Waals surface area (Å²) >= 11 is 6.07. The second-order valence-electron chi connectivity index (χ2n) is 4.33. The zero-order chi connectivity index (χ0) is 12.1. The van der Waals surface area contributed by atoms with Gasteiger partial charge in [-0.3, -0.25) is 0 Å². The molecule has 0 saturated heterocycles. The summed E-state index contributed by atoms with van der Waals surface area (Å²) < 4.78 is 5.46. The lowest BCUT2D eigenvalue weighted by molar-refractivity contribution is 0.232. The number of pyridine rings is 1. The first-order valence-electron chi connectivity index (χ1n) is 5.53. The minimum absolute atomic E-state index is 0.0876. The molecule has 16 heavy (non-hydrogen) atoms. The topological polar surface area (TPSA) is 34.2 Å². The normalized spacial score (nSPS) is 11.2. The molecule has 0 fully saturated rings. The predicted octanol–water partition coefficient (Wildman–Crippen LogP) is 3.02. The van der Waals surface area contributed by atoms with Gasteiger partial charge in [-0.15, -0.1) is 0 Å². The van der Waals surface area contributed by atoms with Gasteiger partial charge in [0.2, 0.25) is 5.88 Å². The quantitative estimate of drug-likeness (QED) is 0.862. The van der Waals surface area contributed by atoms with E-state index in [0.29, 0.717) is 16.9 Å². The first-order valence-corrected chi connectivity index (χ1v) is 5.91. The van der Waals surface area contributed by atoms with Crippen molar-refractivity contribution in [3.05, 3.63) is 22.8 Å². The molecule has 1 heterocycles. The van der Waals surface area contributed by atoms with Crippen molar-refractivity contribution in [1.29, 1.82) is 0 Å². The fourth-order valence-corrected chi connectivity index (χ4v) is 1.43. The van der Waals surface area contributed by atoms with Gasteiger partial charge in [0.05, 0.1) is 6.10 Å². The Morgan fingerprint density at radius 2 is 2.06 bits per heavy atom. The molecular formula is C12H19ClN2O. The molecule has 0 atom stereocenters. The Labute approximate surface area is 102 Å². The molecule has 1 rings (SSSR count). The van der Waals surface area contributed by atoms with E-state index in [1.165, 1.54) is 0 Å². The van der Waals surface area contributed by atoms with Gasteiger partial charge in [0.1, 0.15) is 5.02 Å². The highest BCUT2D eigenvalue weighted by Gasteiger charge is 2.06. The van der Waals surface area contributed by atoms with Gasteiger partial charge in [-0.05, 0) is 25.5 Å². The second-order valence-corrected chi connectivity index (χ2v) is 4.74. The average molecular weight is 243 g/mol. The van der Waals surface area contributed by atoms with Crippen LogP contribution >= 0.6 is 11.6 Å². The molecule has 4 heteroatoms. The number of hydrogen-bond acceptors (Lipinski definition) is 3. The van der Waals surface area contributed by atoms with Crippen molar-refractivity contribution in [3.63, 3.8) is 0 Å². The van der Waals surface area contributed by atoms with Gasteiger partial charge in [0.15, 0.2) is 0 Å². The molecule has 1 N–H and O–H groups in total. The van der Waals surface area contributed by atoms with Crippen LogP contribution in [0, 0.1) is 0 Å². The lowest BCUT2D eigenvalue weighted by Crippen LogP contribution is -2.21. The number of nitrogens with one attached hydrogen (secondary N) is 1. The number of hydrogen-bond donors (Lipinski definition) is 1. The maximum Gasteiger partial charge on any atom is 0.232 e. The molecular weight excluding hydrogens is 224 g/mol. The molecule has 1 aromatic rings. The lowest BCUT2D eigenvalue weighted by atomic mass is 10.2. The van der Waals surface area contributed by atoms with E-state index in [2.05, 4.69) is 24.1 Å². The molecule has 0 aliphatic rings. The zero-order valence-electron chi connectivity index (χ0n) is 10.2. The molecule has 0 unspecified atom stereocenters. The average Bonchev–Trinajstić information content (AvgIpc) is 2.18. The van der Waals surface area contributed by atoms with Gasteiger partial charge >= 0.3 is 0 Å². The number of aromatic nitrogens is 1. The molecule has 1 aromatic heterocycles. The van der Waals surface area contributed by atoms with Crippen LogP contribution in [0.3, 0.4) is 0 Å². The van der Waals surface area contributed by atoms with E-state index in [0.717, 1.165) is 12.1 Å². The third-order valence-electron chi connectivity index (χ3n) is 1.93. The summed E-state index contributed by atoms with van der Waals surface area (Å²) in [4.78, 5) is 4.20. The van der Waals surface area contributed by atoms with Crippen LogP contribution in [-0.4, -0.2) is 17.1 Å². The minimum atomic E-state index is 0.0876. The molecule has 0 spiro atoms. The van der Waals surface area contributed by atoms with Crippen LogP contribution in [0.4, 0.5) is 0 Å². The highest BCUT2D eigenvalue weighted by molar-refractivity contribution is 6.31. The first-order chi connectivity index (χ1) is 7.49. The third-order valence-corrected chi connectivity index (χ3v) is 2.20. The first kappa shape index (κ1) is 13.3. The van der Waals surface area contributed by atoms with Crippen molar-refractivity contribution in [2.45, 2.75) is 46.4 Å². The highest BCUT2D eigenvalue weighted by Crippen LogP contribution is 2.23. The Bertz CT molecular complexity index is 340. The van der Waals surface area contributed by atoms with Gasteiger partial charge < -0.3 is 10.1 Å². The molecule has 0 amide bonds. The van der Waals surface area contributed by atoms with Crippen molar-refractivity contribution in [2.24, 2.45) is 0 Å². The van der Waals surface area contributed by atoms with Crippen LogP contribution in [0.1, 0.15) is 33.3 Å². The van der Waals surface area contributed by atoms with Gasteiger partial charge in [-0.2, -0.15) is 0 Å². The van der Waals surface area contributed by atoms with Crippen LogP contribution in [0.2, 0.25) is 5.02 Å². The van der Waals surface area contributed by atoms with Gasteiger partial charge in [0.25, 0.3) is 0 Å². The van der Waals surface area contributed by atoms with Crippen LogP contribution in [0.15, 0.2) is 12.3 Å². The summed E-state index contributed by atoms with van der Waals surface area (Å²) in [5.74, 6) is 0.505. The monoisotopic (exact) mass is 242 g/mol. The summed E-state index contributed by atoms with van der Waals surface area (Å²) in [5, 5.41) is 3.88. The standard InChI is InChI=1S/C12H19ClN2O/c1-8(2)14-6-10-5-11(13)12(15-7-10)16-9(3)4/h5,7-9,14H,6H2,1-4H3. The van der Waals surface area contributed by atoms with Gasteiger partial charge in [-0.25, -0.2) is 4.98 Å². The Balaban J connectivity index is 2.67. The van der Waals surface area contributed by atoms with Gasteiger partial charge in [0, 0.05) is 18.8 Å². The van der Waals surface area contributed by atoms with Crippen LogP contribution < -0.4 is 10.1 Å². The third kappa shape index (κ3) is 4.37. The maximum atomic E-state index is 6.07. The van der Waals surface area contributed by atoms with E-state index in [1.54, 1.807) is 6.20 Å². The van der Waals surface area contributed by atoms with Crippen molar-refractivity contribution in [1.82, 2.24) is 10.3 Å². The summed E-state index contributed by atoms with van der Waals surface area (Å²) in [7, 11) is 0. The summed E-state index contributed by atoms with van der Waals surface area (Å²) in [5.41, 5.74) is 1.06. The molecule has 0 radical (unpaired) electrons. The van der Waals surface area contributed by atoms with Crippen LogP contribution in [-0.2, 0) is 6.54 Å². The van der Waals surface area contributed by atoms with E-state index in [9.17, 15) is 0 Å². The molecule has 90 valence electrons. The van der Waals surface area contributed by atoms with Crippen molar-refractivity contribution < 1.29 is 4.74 Å². The number of nitrogens with zero attached hydrogens (tertiary/aromatic N) is 1. The Hall–Kier alpha value is -0.800. The maximum absolute atomic E-state index is 6.07. The molecule has 0 aliphatic heterocycles. The number of ether oxygens (including phenoxy) is 1. The zero-order valence-corrected chi connectivity index (χ0v) is 11.0. The Kier molecular flexibility index (Phi) is 5.03. The van der Waals surface area contributed by atoms with E-state index >= 15 is 0 Å². The Morgan fingerprint density at radius 1 is 1.38 bits per heavy atom. The summed E-state index contributed by atoms with van der Waals surface area (Å²) in [6, 6.07) is 2.34. The van der Waals surface area contributed by atoms with Crippen LogP contribution in [0.25, 0.3) is 0 Å². The largest absolute Gasteiger partial charge is 0.474 e.